The van der Waals surface area contributed by atoms with Crippen molar-refractivity contribution in [3.63, 3.8) is 0 Å². The largest absolute Gasteiger partial charge is 0.336 e. The molecule has 3 aromatic rings. The van der Waals surface area contributed by atoms with Crippen LogP contribution in [-0.4, -0.2) is 42.3 Å². The van der Waals surface area contributed by atoms with Gasteiger partial charge in [-0.3, -0.25) is 0 Å². The zero-order valence-corrected chi connectivity index (χ0v) is 14.2. The van der Waals surface area contributed by atoms with Gasteiger partial charge in [0.05, 0.1) is 5.69 Å². The van der Waals surface area contributed by atoms with Crippen molar-refractivity contribution < 1.29 is 4.79 Å². The predicted molar refractivity (Wildman–Crippen MR) is 92.5 cm³/mol. The Bertz CT molecular complexity index is 853. The lowest BCUT2D eigenvalue weighted by molar-refractivity contribution is 0.251. The summed E-state index contributed by atoms with van der Waals surface area (Å²) >= 11 is 0. The summed E-state index contributed by atoms with van der Waals surface area (Å²) in [6.07, 6.45) is 4.55. The Balaban J connectivity index is 1.55. The third kappa shape index (κ3) is 4.00. The monoisotopic (exact) mass is 340 g/mol. The molecular weight excluding hydrogens is 320 g/mol. The van der Waals surface area contributed by atoms with Crippen LogP contribution in [0, 0.1) is 6.92 Å². The molecule has 2 aromatic heterocycles. The van der Waals surface area contributed by atoms with Gasteiger partial charge in [0, 0.05) is 37.6 Å². The first-order valence-electron chi connectivity index (χ1n) is 8.07. The molecule has 0 radical (unpaired) electrons. The molecular formula is C16H20N8O. The fraction of sp³-hybridized carbons (Fsp3) is 0.312. The smallest absolute Gasteiger partial charge is 0.319 e. The van der Waals surface area contributed by atoms with E-state index in [1.807, 2.05) is 42.0 Å². The van der Waals surface area contributed by atoms with Crippen LogP contribution in [0.15, 0.2) is 36.7 Å². The number of rotatable bonds is 6. The molecule has 0 saturated heterocycles. The van der Waals surface area contributed by atoms with Gasteiger partial charge in [0.1, 0.15) is 5.82 Å². The van der Waals surface area contributed by atoms with Gasteiger partial charge in [-0.05, 0) is 35.5 Å². The molecule has 2 amide bonds. The van der Waals surface area contributed by atoms with Gasteiger partial charge in [-0.15, -0.1) is 5.10 Å². The number of hydrogen-bond acceptors (Lipinski definition) is 5. The number of carbonyl (C=O) groups is 1. The lowest BCUT2D eigenvalue weighted by Crippen LogP contribution is -2.31. The van der Waals surface area contributed by atoms with E-state index in [1.165, 1.54) is 0 Å². The number of nitrogens with one attached hydrogen (secondary N) is 2. The van der Waals surface area contributed by atoms with Gasteiger partial charge in [0.15, 0.2) is 5.82 Å². The summed E-state index contributed by atoms with van der Waals surface area (Å²) in [5.74, 6) is 1.68. The van der Waals surface area contributed by atoms with Crippen molar-refractivity contribution >= 4 is 11.7 Å². The van der Waals surface area contributed by atoms with Crippen LogP contribution in [0.25, 0.3) is 5.69 Å². The van der Waals surface area contributed by atoms with Crippen molar-refractivity contribution in [1.29, 1.82) is 0 Å². The summed E-state index contributed by atoms with van der Waals surface area (Å²) < 4.78 is 3.63. The van der Waals surface area contributed by atoms with Gasteiger partial charge in [-0.1, -0.05) is 13.0 Å². The Kier molecular flexibility index (Phi) is 5.03. The van der Waals surface area contributed by atoms with E-state index in [4.69, 9.17) is 0 Å². The highest BCUT2D eigenvalue weighted by molar-refractivity contribution is 5.89. The number of nitrogens with zero attached hydrogens (tertiary/aromatic N) is 6. The Labute approximate surface area is 145 Å². The van der Waals surface area contributed by atoms with Crippen LogP contribution >= 0.6 is 0 Å². The second kappa shape index (κ2) is 7.56. The lowest BCUT2D eigenvalue weighted by atomic mass is 10.3. The minimum Gasteiger partial charge on any atom is -0.336 e. The van der Waals surface area contributed by atoms with Gasteiger partial charge < -0.3 is 15.2 Å². The number of tetrazole rings is 1. The molecule has 25 heavy (non-hydrogen) atoms. The van der Waals surface area contributed by atoms with Crippen molar-refractivity contribution in [2.24, 2.45) is 0 Å². The van der Waals surface area contributed by atoms with E-state index in [9.17, 15) is 4.79 Å². The van der Waals surface area contributed by atoms with Crippen LogP contribution in [0.1, 0.15) is 18.6 Å². The average Bonchev–Trinajstić information content (AvgIpc) is 3.23. The van der Waals surface area contributed by atoms with E-state index in [-0.39, 0.29) is 6.03 Å². The quantitative estimate of drug-likeness (QED) is 0.709. The number of benzene rings is 1. The number of amides is 2. The molecule has 0 aliphatic heterocycles. The first-order valence-corrected chi connectivity index (χ1v) is 8.07. The SMILES string of the molecule is CCc1nccn1CCNC(=O)Nc1cccc(-n2nnnc2C)c1. The molecule has 0 bridgehead atoms. The zero-order chi connectivity index (χ0) is 17.6. The van der Waals surface area contributed by atoms with Crippen LogP contribution in [0.5, 0.6) is 0 Å². The van der Waals surface area contributed by atoms with E-state index in [0.717, 1.165) is 17.9 Å². The van der Waals surface area contributed by atoms with E-state index >= 15 is 0 Å². The highest BCUT2D eigenvalue weighted by Gasteiger charge is 2.07. The molecule has 0 aliphatic carbocycles. The number of aryl methyl sites for hydroxylation is 2. The molecule has 2 N–H and O–H groups in total. The fourth-order valence-electron chi connectivity index (χ4n) is 2.51. The number of carbonyl (C=O) groups excluding carboxylic acids is 1. The second-order valence-electron chi connectivity index (χ2n) is 5.46. The van der Waals surface area contributed by atoms with Crippen molar-refractivity contribution in [3.05, 3.63) is 48.3 Å². The molecule has 0 atom stereocenters. The second-order valence-corrected chi connectivity index (χ2v) is 5.46. The number of urea groups is 1. The number of aromatic nitrogens is 6. The Morgan fingerprint density at radius 1 is 1.32 bits per heavy atom. The van der Waals surface area contributed by atoms with Gasteiger partial charge in [0.2, 0.25) is 0 Å². The molecule has 0 fully saturated rings. The summed E-state index contributed by atoms with van der Waals surface area (Å²) in [6, 6.07) is 7.08. The molecule has 9 nitrogen and oxygen atoms in total. The van der Waals surface area contributed by atoms with Gasteiger partial charge in [-0.25, -0.2) is 9.78 Å². The zero-order valence-electron chi connectivity index (χ0n) is 14.2. The van der Waals surface area contributed by atoms with E-state index in [1.54, 1.807) is 10.9 Å². The summed E-state index contributed by atoms with van der Waals surface area (Å²) in [4.78, 5) is 16.3. The van der Waals surface area contributed by atoms with Crippen molar-refractivity contribution in [1.82, 2.24) is 35.1 Å². The standard InChI is InChI=1S/C16H20N8O/c1-3-15-17-7-9-23(15)10-8-18-16(25)19-13-5-4-6-14(11-13)24-12(2)20-21-22-24/h4-7,9,11H,3,8,10H2,1-2H3,(H2,18,19,25). The predicted octanol–water partition coefficient (Wildman–Crippen LogP) is 1.55. The van der Waals surface area contributed by atoms with Crippen LogP contribution in [0.3, 0.4) is 0 Å². The Morgan fingerprint density at radius 3 is 2.96 bits per heavy atom. The highest BCUT2D eigenvalue weighted by atomic mass is 16.2. The molecule has 0 aliphatic rings. The Morgan fingerprint density at radius 2 is 2.20 bits per heavy atom. The first kappa shape index (κ1) is 16.6. The fourth-order valence-corrected chi connectivity index (χ4v) is 2.51. The maximum Gasteiger partial charge on any atom is 0.319 e. The van der Waals surface area contributed by atoms with E-state index < -0.39 is 0 Å². The Hall–Kier alpha value is -3.23. The van der Waals surface area contributed by atoms with Crippen molar-refractivity contribution in [2.75, 3.05) is 11.9 Å². The number of imidazole rings is 1. The van der Waals surface area contributed by atoms with Gasteiger partial charge in [0.25, 0.3) is 0 Å². The van der Waals surface area contributed by atoms with Crippen LogP contribution in [-0.2, 0) is 13.0 Å². The molecule has 0 unspecified atom stereocenters. The van der Waals surface area contributed by atoms with Crippen molar-refractivity contribution in [3.8, 4) is 5.69 Å². The number of hydrogen-bond donors (Lipinski definition) is 2. The molecule has 0 saturated carbocycles. The summed E-state index contributed by atoms with van der Waals surface area (Å²) in [6.45, 7) is 5.06. The van der Waals surface area contributed by atoms with E-state index in [0.29, 0.717) is 24.6 Å². The lowest BCUT2D eigenvalue weighted by Gasteiger charge is -2.10. The number of anilines is 1. The molecule has 2 heterocycles. The van der Waals surface area contributed by atoms with E-state index in [2.05, 4.69) is 38.1 Å². The molecule has 3 rings (SSSR count). The molecule has 9 heteroatoms. The minimum absolute atomic E-state index is 0.260. The summed E-state index contributed by atoms with van der Waals surface area (Å²) in [7, 11) is 0. The maximum atomic E-state index is 12.1. The van der Waals surface area contributed by atoms with Crippen LogP contribution < -0.4 is 10.6 Å². The molecule has 130 valence electrons. The first-order chi connectivity index (χ1) is 12.2. The topological polar surface area (TPSA) is 103 Å². The highest BCUT2D eigenvalue weighted by Crippen LogP contribution is 2.14. The third-order valence-corrected chi connectivity index (χ3v) is 3.73. The van der Waals surface area contributed by atoms with Gasteiger partial charge in [-0.2, -0.15) is 4.68 Å². The van der Waals surface area contributed by atoms with Crippen LogP contribution in [0.4, 0.5) is 10.5 Å². The van der Waals surface area contributed by atoms with Crippen molar-refractivity contribution in [2.45, 2.75) is 26.8 Å². The molecule has 0 spiro atoms. The summed E-state index contributed by atoms with van der Waals surface area (Å²) in [5.41, 5.74) is 1.45. The van der Waals surface area contributed by atoms with Gasteiger partial charge >= 0.3 is 6.03 Å². The molecule has 1 aromatic carbocycles. The average molecular weight is 340 g/mol. The third-order valence-electron chi connectivity index (χ3n) is 3.73. The van der Waals surface area contributed by atoms with Crippen LogP contribution in [0.2, 0.25) is 0 Å². The minimum atomic E-state index is -0.260. The normalized spacial score (nSPS) is 10.6. The maximum absolute atomic E-state index is 12.1. The summed E-state index contributed by atoms with van der Waals surface area (Å²) in [5, 5.41) is 17.1.